The van der Waals surface area contributed by atoms with Gasteiger partial charge in [0.1, 0.15) is 0 Å². The van der Waals surface area contributed by atoms with Crippen LogP contribution in [-0.2, 0) is 13.5 Å². The highest BCUT2D eigenvalue weighted by Gasteiger charge is 2.03. The molecule has 0 radical (unpaired) electrons. The molecule has 0 aliphatic carbocycles. The number of allylic oxidation sites excluding steroid dienone is 2. The highest BCUT2D eigenvalue weighted by Crippen LogP contribution is 2.20. The number of aromatic nitrogens is 1. The lowest BCUT2D eigenvalue weighted by Gasteiger charge is -1.94. The van der Waals surface area contributed by atoms with Crippen molar-refractivity contribution in [3.8, 4) is 0 Å². The third-order valence-electron chi connectivity index (χ3n) is 2.60. The Kier molecular flexibility index (Phi) is 2.50. The van der Waals surface area contributed by atoms with E-state index in [2.05, 4.69) is 22.9 Å². The second-order valence-corrected chi connectivity index (χ2v) is 3.83. The zero-order valence-corrected chi connectivity index (χ0v) is 9.07. The normalized spacial score (nSPS) is 12.3. The Hall–Kier alpha value is -1.70. The minimum Gasteiger partial charge on any atom is -0.513 e. The molecule has 2 rings (SSSR count). The Morgan fingerprint density at radius 1 is 1.40 bits per heavy atom. The van der Waals surface area contributed by atoms with Crippen molar-refractivity contribution in [1.82, 2.24) is 4.57 Å². The van der Waals surface area contributed by atoms with Crippen LogP contribution in [0.5, 0.6) is 0 Å². The van der Waals surface area contributed by atoms with Crippen LogP contribution in [0, 0.1) is 0 Å². The minimum absolute atomic E-state index is 0.378. The van der Waals surface area contributed by atoms with Crippen LogP contribution in [0.3, 0.4) is 0 Å². The molecule has 0 aliphatic heterocycles. The summed E-state index contributed by atoms with van der Waals surface area (Å²) in [5.41, 5.74) is 2.48. The van der Waals surface area contributed by atoms with E-state index in [0.29, 0.717) is 5.76 Å². The Labute approximate surface area is 89.5 Å². The maximum atomic E-state index is 9.15. The average molecular weight is 201 g/mol. The van der Waals surface area contributed by atoms with Crippen molar-refractivity contribution in [2.45, 2.75) is 13.3 Å². The summed E-state index contributed by atoms with van der Waals surface area (Å²) in [7, 11) is 2.04. The molecule has 1 heterocycles. The molecule has 0 unspecified atom stereocenters. The lowest BCUT2D eigenvalue weighted by atomic mass is 10.1. The molecule has 2 nitrogen and oxygen atoms in total. The molecule has 78 valence electrons. The van der Waals surface area contributed by atoms with E-state index in [1.165, 1.54) is 16.5 Å². The average Bonchev–Trinajstić information content (AvgIpc) is 2.54. The van der Waals surface area contributed by atoms with Crippen molar-refractivity contribution >= 4 is 10.9 Å². The molecule has 0 fully saturated rings. The summed E-state index contributed by atoms with van der Waals surface area (Å²) < 4.78 is 2.12. The zero-order valence-electron chi connectivity index (χ0n) is 9.07. The first-order valence-corrected chi connectivity index (χ1v) is 5.07. The number of para-hydroxylation sites is 1. The van der Waals surface area contributed by atoms with Crippen LogP contribution in [0.25, 0.3) is 10.9 Å². The monoisotopic (exact) mass is 201 g/mol. The summed E-state index contributed by atoms with van der Waals surface area (Å²) in [4.78, 5) is 0. The molecule has 1 N–H and O–H groups in total. The van der Waals surface area contributed by atoms with Crippen molar-refractivity contribution in [2.24, 2.45) is 7.05 Å². The van der Waals surface area contributed by atoms with Crippen molar-refractivity contribution in [2.75, 3.05) is 0 Å². The van der Waals surface area contributed by atoms with Crippen LogP contribution in [0.1, 0.15) is 12.5 Å². The second-order valence-electron chi connectivity index (χ2n) is 3.83. The first-order chi connectivity index (χ1) is 7.18. The Morgan fingerprint density at radius 2 is 2.13 bits per heavy atom. The molecule has 0 aliphatic rings. The Bertz CT molecular complexity index is 504. The molecule has 0 atom stereocenters. The van der Waals surface area contributed by atoms with Crippen LogP contribution in [0.15, 0.2) is 42.3 Å². The number of nitrogens with zero attached hydrogens (tertiary/aromatic N) is 1. The predicted octanol–water partition coefficient (Wildman–Crippen LogP) is 3.18. The Balaban J connectivity index is 2.48. The van der Waals surface area contributed by atoms with Gasteiger partial charge in [-0.1, -0.05) is 18.2 Å². The number of aliphatic hydroxyl groups excluding tert-OH is 1. The molecule has 2 heteroatoms. The van der Waals surface area contributed by atoms with Gasteiger partial charge in [0.2, 0.25) is 0 Å². The number of hydrogen-bond acceptors (Lipinski definition) is 1. The van der Waals surface area contributed by atoms with Crippen LogP contribution in [-0.4, -0.2) is 9.67 Å². The smallest absolute Gasteiger partial charge is 0.0855 e. The van der Waals surface area contributed by atoms with Gasteiger partial charge in [-0.15, -0.1) is 0 Å². The van der Waals surface area contributed by atoms with Crippen molar-refractivity contribution in [3.05, 3.63) is 47.9 Å². The van der Waals surface area contributed by atoms with Gasteiger partial charge in [-0.25, -0.2) is 0 Å². The maximum Gasteiger partial charge on any atom is 0.0855 e. The van der Waals surface area contributed by atoms with Gasteiger partial charge in [-0.05, 0) is 31.1 Å². The lowest BCUT2D eigenvalue weighted by molar-refractivity contribution is 0.412. The molecule has 15 heavy (non-hydrogen) atoms. The zero-order chi connectivity index (χ0) is 10.8. The quantitative estimate of drug-likeness (QED) is 0.742. The molecule has 0 bridgehead atoms. The van der Waals surface area contributed by atoms with Gasteiger partial charge in [0, 0.05) is 24.1 Å². The van der Waals surface area contributed by atoms with E-state index >= 15 is 0 Å². The van der Waals surface area contributed by atoms with Crippen molar-refractivity contribution in [1.29, 1.82) is 0 Å². The third-order valence-corrected chi connectivity index (χ3v) is 2.60. The standard InChI is InChI=1S/C13H15NO/c1-10(15)7-8-11-9-14(2)13-6-4-3-5-12(11)13/h3-7,9,15H,8H2,1-2H3/b10-7-. The van der Waals surface area contributed by atoms with E-state index < -0.39 is 0 Å². The minimum atomic E-state index is 0.378. The fourth-order valence-electron chi connectivity index (χ4n) is 1.85. The Morgan fingerprint density at radius 3 is 2.87 bits per heavy atom. The number of fused-ring (bicyclic) bond motifs is 1. The molecule has 1 aromatic heterocycles. The topological polar surface area (TPSA) is 25.2 Å². The third kappa shape index (κ3) is 1.89. The van der Waals surface area contributed by atoms with Crippen molar-refractivity contribution in [3.63, 3.8) is 0 Å². The van der Waals surface area contributed by atoms with Gasteiger partial charge in [-0.3, -0.25) is 0 Å². The molecule has 0 saturated carbocycles. The molecule has 1 aromatic carbocycles. The number of rotatable bonds is 2. The number of aliphatic hydroxyl groups is 1. The van der Waals surface area contributed by atoms with E-state index in [1.54, 1.807) is 6.92 Å². The second kappa shape index (κ2) is 3.81. The highest BCUT2D eigenvalue weighted by atomic mass is 16.3. The van der Waals surface area contributed by atoms with E-state index in [9.17, 15) is 0 Å². The van der Waals surface area contributed by atoms with E-state index in [0.717, 1.165) is 6.42 Å². The van der Waals surface area contributed by atoms with Gasteiger partial charge >= 0.3 is 0 Å². The van der Waals surface area contributed by atoms with Crippen LogP contribution in [0.2, 0.25) is 0 Å². The summed E-state index contributed by atoms with van der Waals surface area (Å²) in [5.74, 6) is 0.378. The van der Waals surface area contributed by atoms with Crippen LogP contribution in [0.4, 0.5) is 0 Å². The SMILES string of the molecule is C/C(O)=C/Cc1cn(C)c2ccccc12. The number of hydrogen-bond donors (Lipinski definition) is 1. The van der Waals surface area contributed by atoms with Gasteiger partial charge in [0.15, 0.2) is 0 Å². The molecule has 0 amide bonds. The summed E-state index contributed by atoms with van der Waals surface area (Å²) in [6.45, 7) is 1.70. The van der Waals surface area contributed by atoms with E-state index in [4.69, 9.17) is 5.11 Å². The maximum absolute atomic E-state index is 9.15. The summed E-state index contributed by atoms with van der Waals surface area (Å²) >= 11 is 0. The number of aryl methyl sites for hydroxylation is 1. The molecule has 0 saturated heterocycles. The predicted molar refractivity (Wildman–Crippen MR) is 63.0 cm³/mol. The van der Waals surface area contributed by atoms with Gasteiger partial charge < -0.3 is 9.67 Å². The van der Waals surface area contributed by atoms with Gasteiger partial charge in [-0.2, -0.15) is 0 Å². The van der Waals surface area contributed by atoms with E-state index in [-0.39, 0.29) is 0 Å². The van der Waals surface area contributed by atoms with E-state index in [1.807, 2.05) is 25.3 Å². The molecule has 0 spiro atoms. The van der Waals surface area contributed by atoms with Crippen LogP contribution < -0.4 is 0 Å². The van der Waals surface area contributed by atoms with Gasteiger partial charge in [0.05, 0.1) is 5.76 Å². The first-order valence-electron chi connectivity index (χ1n) is 5.07. The number of benzene rings is 1. The van der Waals surface area contributed by atoms with Gasteiger partial charge in [0.25, 0.3) is 0 Å². The van der Waals surface area contributed by atoms with Crippen molar-refractivity contribution < 1.29 is 5.11 Å². The lowest BCUT2D eigenvalue weighted by Crippen LogP contribution is -1.82. The summed E-state index contributed by atoms with van der Waals surface area (Å²) in [5, 5.41) is 10.4. The fourth-order valence-corrected chi connectivity index (χ4v) is 1.85. The molecule has 2 aromatic rings. The van der Waals surface area contributed by atoms with Crippen LogP contribution >= 0.6 is 0 Å². The molecular weight excluding hydrogens is 186 g/mol. The summed E-state index contributed by atoms with van der Waals surface area (Å²) in [6.07, 6.45) is 4.73. The largest absolute Gasteiger partial charge is 0.513 e. The summed E-state index contributed by atoms with van der Waals surface area (Å²) in [6, 6.07) is 8.31. The highest BCUT2D eigenvalue weighted by molar-refractivity contribution is 5.84. The first kappa shape index (κ1) is 9.84. The molecular formula is C13H15NO. The fraction of sp³-hybridized carbons (Fsp3) is 0.231.